The summed E-state index contributed by atoms with van der Waals surface area (Å²) in [6.07, 6.45) is 1.90. The van der Waals surface area contributed by atoms with Gasteiger partial charge < -0.3 is 21.2 Å². The molecule has 1 heterocycles. The highest BCUT2D eigenvalue weighted by Gasteiger charge is 2.28. The van der Waals surface area contributed by atoms with Gasteiger partial charge in [-0.05, 0) is 42.3 Å². The van der Waals surface area contributed by atoms with Crippen molar-refractivity contribution in [1.82, 2.24) is 10.6 Å². The van der Waals surface area contributed by atoms with E-state index in [2.05, 4.69) is 16.0 Å². The summed E-state index contributed by atoms with van der Waals surface area (Å²) in [5, 5.41) is 29.3. The Morgan fingerprint density at radius 3 is 2.41 bits per heavy atom. The van der Waals surface area contributed by atoms with E-state index in [0.29, 0.717) is 23.2 Å². The first-order valence-corrected chi connectivity index (χ1v) is 10.5. The number of benzene rings is 1. The maximum Gasteiger partial charge on any atom is 0.269 e. The predicted molar refractivity (Wildman–Crippen MR) is 117 cm³/mol. The van der Waals surface area contributed by atoms with Crippen LogP contribution in [0.25, 0.3) is 0 Å². The highest BCUT2D eigenvalue weighted by Crippen LogP contribution is 2.19. The normalized spacial score (nSPS) is 12.5. The second kappa shape index (κ2) is 11.6. The molecule has 0 aliphatic heterocycles. The van der Waals surface area contributed by atoms with Crippen LogP contribution in [0.3, 0.4) is 0 Å². The van der Waals surface area contributed by atoms with Gasteiger partial charge in [-0.1, -0.05) is 13.8 Å². The third kappa shape index (κ3) is 7.23. The van der Waals surface area contributed by atoms with E-state index in [-0.39, 0.29) is 16.6 Å². The number of rotatable bonds is 11. The van der Waals surface area contributed by atoms with Gasteiger partial charge in [-0.3, -0.25) is 24.5 Å². The number of carbonyl (C=O) groups excluding carboxylic acids is 3. The number of hydrogen-bond acceptors (Lipinski definition) is 7. The number of aromatic nitrogens is 1. The Morgan fingerprint density at radius 2 is 1.84 bits per heavy atom. The maximum atomic E-state index is 12.8. The Balaban J connectivity index is 2.13. The highest BCUT2D eigenvalue weighted by molar-refractivity contribution is 8.00. The van der Waals surface area contributed by atoms with Gasteiger partial charge in [0, 0.05) is 30.0 Å². The monoisotopic (exact) mass is 461 g/mol. The molecule has 1 aromatic carbocycles. The van der Waals surface area contributed by atoms with Crippen LogP contribution in [-0.4, -0.2) is 34.6 Å². The maximum absolute atomic E-state index is 12.8. The summed E-state index contributed by atoms with van der Waals surface area (Å²) in [7, 11) is 0. The van der Waals surface area contributed by atoms with Gasteiger partial charge in [0.15, 0.2) is 11.6 Å². The van der Waals surface area contributed by atoms with E-state index in [9.17, 15) is 29.7 Å². The van der Waals surface area contributed by atoms with Crippen LogP contribution < -0.4 is 20.7 Å². The van der Waals surface area contributed by atoms with Crippen LogP contribution in [0.4, 0.5) is 11.4 Å². The highest BCUT2D eigenvalue weighted by atomic mass is 32.2. The minimum atomic E-state index is -1.14. The fourth-order valence-corrected chi connectivity index (χ4v) is 3.56. The molecule has 0 bridgehead atoms. The number of nitro benzene ring substituents is 1. The molecule has 1 aromatic heterocycles. The molecule has 0 saturated carbocycles. The lowest BCUT2D eigenvalue weighted by atomic mass is 10.0. The van der Waals surface area contributed by atoms with E-state index in [1.807, 2.05) is 13.8 Å². The first-order chi connectivity index (χ1) is 15.2. The van der Waals surface area contributed by atoms with Gasteiger partial charge in [-0.15, -0.1) is 0 Å². The smallest absolute Gasteiger partial charge is 0.269 e. The van der Waals surface area contributed by atoms with Crippen LogP contribution in [-0.2, 0) is 14.4 Å². The molecule has 0 aliphatic rings. The van der Waals surface area contributed by atoms with Crippen molar-refractivity contribution < 1.29 is 24.0 Å². The Labute approximate surface area is 188 Å². The van der Waals surface area contributed by atoms with Gasteiger partial charge in [0.1, 0.15) is 6.04 Å². The van der Waals surface area contributed by atoms with E-state index in [4.69, 9.17) is 0 Å². The summed E-state index contributed by atoms with van der Waals surface area (Å²) in [4.78, 5) is 46.8. The van der Waals surface area contributed by atoms with Gasteiger partial charge in [0.2, 0.25) is 12.3 Å². The first kappa shape index (κ1) is 24.6. The molecular formula is C20H23N5O6S. The third-order valence-corrected chi connectivity index (χ3v) is 5.31. The molecule has 170 valence electrons. The van der Waals surface area contributed by atoms with Crippen molar-refractivity contribution in [2.75, 3.05) is 5.32 Å². The molecule has 0 radical (unpaired) electrons. The van der Waals surface area contributed by atoms with E-state index in [1.54, 1.807) is 6.07 Å². The van der Waals surface area contributed by atoms with Crippen LogP contribution >= 0.6 is 11.8 Å². The molecule has 3 amide bonds. The molecular weight excluding hydrogens is 438 g/mol. The molecule has 2 atom stereocenters. The number of nitro groups is 1. The van der Waals surface area contributed by atoms with Crippen molar-refractivity contribution in [1.29, 1.82) is 0 Å². The summed E-state index contributed by atoms with van der Waals surface area (Å²) in [5.41, 5.74) is 0.212. The number of non-ortho nitro benzene ring substituents is 1. The third-order valence-electron chi connectivity index (χ3n) is 4.17. The van der Waals surface area contributed by atoms with Crippen molar-refractivity contribution in [2.45, 2.75) is 36.7 Å². The Kier molecular flexibility index (Phi) is 8.95. The van der Waals surface area contributed by atoms with E-state index >= 15 is 0 Å². The first-order valence-electron chi connectivity index (χ1n) is 9.61. The molecule has 0 spiro atoms. The summed E-state index contributed by atoms with van der Waals surface area (Å²) in [6.45, 7) is 3.75. The molecule has 0 saturated heterocycles. The standard InChI is InChI=1S/C20H23N5O6S/c1-13(2)11-16(18(27)22-14-6-8-15(9-7-14)25(30)31)23-19(28)20(21-12-26)32-17-5-3-4-10-24(17)29/h3-10,12-13,16,20H,11H2,1-2H3,(H,21,26)(H,22,27)(H,23,28)/t16-,20?/m0/s1. The fourth-order valence-electron chi connectivity index (χ4n) is 2.70. The minimum Gasteiger partial charge on any atom is -0.618 e. The van der Waals surface area contributed by atoms with Gasteiger partial charge in [-0.2, -0.15) is 4.73 Å². The number of pyridine rings is 1. The lowest BCUT2D eigenvalue weighted by molar-refractivity contribution is -0.645. The molecule has 12 heteroatoms. The zero-order chi connectivity index (χ0) is 23.7. The number of amides is 3. The van der Waals surface area contributed by atoms with Crippen LogP contribution in [0.2, 0.25) is 0 Å². The van der Waals surface area contributed by atoms with Gasteiger partial charge in [0.05, 0.1) is 4.92 Å². The molecule has 32 heavy (non-hydrogen) atoms. The van der Waals surface area contributed by atoms with E-state index in [1.165, 1.54) is 42.6 Å². The molecule has 2 aromatic rings. The van der Waals surface area contributed by atoms with Gasteiger partial charge >= 0.3 is 0 Å². The number of hydrogen-bond donors (Lipinski definition) is 3. The van der Waals surface area contributed by atoms with Gasteiger partial charge in [-0.25, -0.2) is 0 Å². The Bertz CT molecular complexity index is 969. The number of nitrogens with one attached hydrogen (secondary N) is 3. The molecule has 1 unspecified atom stereocenters. The number of thioether (sulfide) groups is 1. The molecule has 2 rings (SSSR count). The lowest BCUT2D eigenvalue weighted by Crippen LogP contribution is -2.51. The van der Waals surface area contributed by atoms with E-state index < -0.39 is 28.2 Å². The number of nitrogens with zero attached hydrogens (tertiary/aromatic N) is 2. The lowest BCUT2D eigenvalue weighted by Gasteiger charge is -2.22. The second-order valence-corrected chi connectivity index (χ2v) is 8.26. The average Bonchev–Trinajstić information content (AvgIpc) is 2.74. The van der Waals surface area contributed by atoms with Crippen molar-refractivity contribution in [3.8, 4) is 0 Å². The second-order valence-electron chi connectivity index (χ2n) is 7.13. The molecule has 0 aliphatic carbocycles. The Hall–Kier alpha value is -3.67. The van der Waals surface area contributed by atoms with Gasteiger partial charge in [0.25, 0.3) is 16.6 Å². The number of carbonyl (C=O) groups is 3. The zero-order valence-corrected chi connectivity index (χ0v) is 18.2. The van der Waals surface area contributed by atoms with Crippen LogP contribution in [0.5, 0.6) is 0 Å². The largest absolute Gasteiger partial charge is 0.618 e. The van der Waals surface area contributed by atoms with Crippen molar-refractivity contribution in [3.05, 3.63) is 64.0 Å². The molecule has 0 fully saturated rings. The van der Waals surface area contributed by atoms with Crippen LogP contribution in [0.1, 0.15) is 20.3 Å². The SMILES string of the molecule is CC(C)C[C@H](NC(=O)C(NC=O)Sc1cccc[n+]1[O-])C(=O)Nc1ccc([N+](=O)[O-])cc1. The van der Waals surface area contributed by atoms with Crippen LogP contribution in [0, 0.1) is 21.2 Å². The summed E-state index contributed by atoms with van der Waals surface area (Å²) in [6, 6.07) is 8.99. The Morgan fingerprint density at radius 1 is 1.16 bits per heavy atom. The average molecular weight is 462 g/mol. The number of anilines is 1. The minimum absolute atomic E-state index is 0.0472. The van der Waals surface area contributed by atoms with Crippen molar-refractivity contribution >= 4 is 41.4 Å². The van der Waals surface area contributed by atoms with E-state index in [0.717, 1.165) is 11.8 Å². The zero-order valence-electron chi connectivity index (χ0n) is 17.4. The summed E-state index contributed by atoms with van der Waals surface area (Å²) in [5.74, 6) is -1.13. The summed E-state index contributed by atoms with van der Waals surface area (Å²) < 4.78 is 0.560. The van der Waals surface area contributed by atoms with Crippen molar-refractivity contribution in [2.24, 2.45) is 5.92 Å². The van der Waals surface area contributed by atoms with Crippen LogP contribution in [0.15, 0.2) is 53.7 Å². The molecule has 11 nitrogen and oxygen atoms in total. The summed E-state index contributed by atoms with van der Waals surface area (Å²) >= 11 is 0.829. The van der Waals surface area contributed by atoms with Crippen molar-refractivity contribution in [3.63, 3.8) is 0 Å². The predicted octanol–water partition coefficient (Wildman–Crippen LogP) is 1.56. The topological polar surface area (TPSA) is 157 Å². The molecule has 3 N–H and O–H groups in total. The fraction of sp³-hybridized carbons (Fsp3) is 0.300. The quantitative estimate of drug-likeness (QED) is 0.0871.